The minimum atomic E-state index is -0.794. The molecule has 3 heterocycles. The summed E-state index contributed by atoms with van der Waals surface area (Å²) in [6.45, 7) is 1.30. The summed E-state index contributed by atoms with van der Waals surface area (Å²) >= 11 is 0. The Kier molecular flexibility index (Phi) is 6.18. The van der Waals surface area contributed by atoms with Crippen molar-refractivity contribution in [3.05, 3.63) is 47.8 Å². The zero-order chi connectivity index (χ0) is 19.8. The second-order valence-electron chi connectivity index (χ2n) is 7.23. The van der Waals surface area contributed by atoms with Crippen LogP contribution in [0.5, 0.6) is 0 Å². The Morgan fingerprint density at radius 3 is 2.66 bits per heavy atom. The summed E-state index contributed by atoms with van der Waals surface area (Å²) in [6, 6.07) is 2.68. The minimum Gasteiger partial charge on any atom is -0.344 e. The number of hydrogen-bond acceptors (Lipinski definition) is 4. The average molecular weight is 426 g/mol. The van der Waals surface area contributed by atoms with Crippen LogP contribution in [0.25, 0.3) is 0 Å². The fourth-order valence-corrected chi connectivity index (χ4v) is 4.00. The lowest BCUT2D eigenvalue weighted by Gasteiger charge is -2.21. The predicted molar refractivity (Wildman–Crippen MR) is 105 cm³/mol. The van der Waals surface area contributed by atoms with Crippen LogP contribution in [0.3, 0.4) is 0 Å². The Balaban J connectivity index is 0.00000240. The number of nitrogens with one attached hydrogen (secondary N) is 2. The first-order valence-electron chi connectivity index (χ1n) is 9.20. The molecule has 0 spiro atoms. The molecule has 2 fully saturated rings. The Morgan fingerprint density at radius 1 is 1.28 bits per heavy atom. The first-order chi connectivity index (χ1) is 13.5. The second kappa shape index (κ2) is 8.46. The highest BCUT2D eigenvalue weighted by molar-refractivity contribution is 6.01. The van der Waals surface area contributed by atoms with Crippen LogP contribution >= 0.6 is 12.4 Å². The van der Waals surface area contributed by atoms with Gasteiger partial charge in [-0.15, -0.1) is 12.4 Å². The number of aryl methyl sites for hydroxylation is 1. The number of rotatable bonds is 4. The first kappa shape index (κ1) is 21.2. The maximum absolute atomic E-state index is 14.0. The van der Waals surface area contributed by atoms with E-state index in [-0.39, 0.29) is 42.4 Å². The molecule has 2 aliphatic heterocycles. The fourth-order valence-electron chi connectivity index (χ4n) is 4.00. The highest BCUT2D eigenvalue weighted by Gasteiger charge is 2.40. The lowest BCUT2D eigenvalue weighted by Crippen LogP contribution is -2.45. The predicted octanol–water partition coefficient (Wildman–Crippen LogP) is 1.34. The molecule has 10 heteroatoms. The van der Waals surface area contributed by atoms with E-state index in [2.05, 4.69) is 15.7 Å². The molecule has 3 atom stereocenters. The van der Waals surface area contributed by atoms with E-state index < -0.39 is 23.6 Å². The molecule has 2 N–H and O–H groups in total. The van der Waals surface area contributed by atoms with E-state index in [1.165, 1.54) is 6.07 Å². The molecule has 1 unspecified atom stereocenters. The number of carbonyl (C=O) groups is 2. The largest absolute Gasteiger partial charge is 0.344 e. The third-order valence-corrected chi connectivity index (χ3v) is 5.43. The molecule has 0 aliphatic carbocycles. The van der Waals surface area contributed by atoms with Gasteiger partial charge in [0.2, 0.25) is 11.8 Å². The second-order valence-corrected chi connectivity index (χ2v) is 7.23. The standard InChI is InChI=1S/C19H21F2N5O2.ClH/c1-25-10-11(7-23-25)12-8-22-9-13(12)18(27)24-16-5-6-26(19(16)28)17-14(20)3-2-4-15(17)21;/h2-4,7,10,12-13,16,22H,5-6,8-9H2,1H3,(H,24,27);1H/t12-,13+,16?;/m1./s1. The summed E-state index contributed by atoms with van der Waals surface area (Å²) in [5.41, 5.74) is 0.598. The van der Waals surface area contributed by atoms with Gasteiger partial charge in [-0.2, -0.15) is 5.10 Å². The van der Waals surface area contributed by atoms with Gasteiger partial charge in [-0.3, -0.25) is 14.3 Å². The molecule has 0 radical (unpaired) electrons. The van der Waals surface area contributed by atoms with Crippen LogP contribution < -0.4 is 15.5 Å². The zero-order valence-corrected chi connectivity index (χ0v) is 16.6. The van der Waals surface area contributed by atoms with Crippen LogP contribution in [0, 0.1) is 17.6 Å². The smallest absolute Gasteiger partial charge is 0.249 e. The molecular formula is C19H22ClF2N5O2. The monoisotopic (exact) mass is 425 g/mol. The molecule has 2 saturated heterocycles. The van der Waals surface area contributed by atoms with Crippen LogP contribution in [-0.4, -0.2) is 47.3 Å². The topological polar surface area (TPSA) is 79.3 Å². The average Bonchev–Trinajstić information content (AvgIpc) is 3.37. The summed E-state index contributed by atoms with van der Waals surface area (Å²) in [5, 5.41) is 10.1. The highest BCUT2D eigenvalue weighted by atomic mass is 35.5. The molecule has 1 aromatic carbocycles. The van der Waals surface area contributed by atoms with Crippen LogP contribution in [0.15, 0.2) is 30.6 Å². The van der Waals surface area contributed by atoms with Gasteiger partial charge >= 0.3 is 0 Å². The quantitative estimate of drug-likeness (QED) is 0.775. The Hall–Kier alpha value is -2.52. The number of nitrogens with zero attached hydrogens (tertiary/aromatic N) is 3. The van der Waals surface area contributed by atoms with Crippen LogP contribution in [0.2, 0.25) is 0 Å². The molecule has 4 rings (SSSR count). The van der Waals surface area contributed by atoms with Gasteiger partial charge in [0.1, 0.15) is 23.4 Å². The number of carbonyl (C=O) groups excluding carboxylic acids is 2. The van der Waals surface area contributed by atoms with Gasteiger partial charge < -0.3 is 15.5 Å². The van der Waals surface area contributed by atoms with E-state index in [9.17, 15) is 18.4 Å². The Bertz CT molecular complexity index is 902. The van der Waals surface area contributed by atoms with Gasteiger partial charge in [0, 0.05) is 38.8 Å². The number of amides is 2. The van der Waals surface area contributed by atoms with Gasteiger partial charge in [0.25, 0.3) is 0 Å². The number of para-hydroxylation sites is 1. The minimum absolute atomic E-state index is 0. The number of anilines is 1. The number of halogens is 3. The van der Waals surface area contributed by atoms with Crippen molar-refractivity contribution in [2.45, 2.75) is 18.4 Å². The van der Waals surface area contributed by atoms with Gasteiger partial charge in [0.15, 0.2) is 0 Å². The molecule has 0 bridgehead atoms. The maximum Gasteiger partial charge on any atom is 0.249 e. The maximum atomic E-state index is 14.0. The van der Waals surface area contributed by atoms with Crippen molar-refractivity contribution in [2.75, 3.05) is 24.5 Å². The van der Waals surface area contributed by atoms with Gasteiger partial charge in [-0.1, -0.05) is 6.07 Å². The fraction of sp³-hybridized carbons (Fsp3) is 0.421. The lowest BCUT2D eigenvalue weighted by molar-refractivity contribution is -0.129. The number of benzene rings is 1. The van der Waals surface area contributed by atoms with E-state index in [1.54, 1.807) is 10.9 Å². The first-order valence-corrected chi connectivity index (χ1v) is 9.20. The van der Waals surface area contributed by atoms with Crippen molar-refractivity contribution in [2.24, 2.45) is 13.0 Å². The van der Waals surface area contributed by atoms with Crippen molar-refractivity contribution in [1.29, 1.82) is 0 Å². The van der Waals surface area contributed by atoms with Crippen LogP contribution in [-0.2, 0) is 16.6 Å². The molecule has 29 heavy (non-hydrogen) atoms. The molecule has 2 aromatic rings. The third-order valence-electron chi connectivity index (χ3n) is 5.43. The number of aromatic nitrogens is 2. The van der Waals surface area contributed by atoms with E-state index in [0.717, 1.165) is 22.6 Å². The van der Waals surface area contributed by atoms with E-state index in [0.29, 0.717) is 19.5 Å². The lowest BCUT2D eigenvalue weighted by atomic mass is 9.90. The summed E-state index contributed by atoms with van der Waals surface area (Å²) < 4.78 is 29.7. The van der Waals surface area contributed by atoms with Gasteiger partial charge in [-0.05, 0) is 24.1 Å². The number of hydrogen-bond donors (Lipinski definition) is 2. The van der Waals surface area contributed by atoms with Gasteiger partial charge in [-0.25, -0.2) is 8.78 Å². The van der Waals surface area contributed by atoms with Crippen LogP contribution in [0.1, 0.15) is 17.9 Å². The Labute approximate surface area is 172 Å². The normalized spacial score (nSPS) is 23.9. The highest BCUT2D eigenvalue weighted by Crippen LogP contribution is 2.30. The van der Waals surface area contributed by atoms with Crippen molar-refractivity contribution in [3.8, 4) is 0 Å². The molecule has 0 saturated carbocycles. The third kappa shape index (κ3) is 3.97. The van der Waals surface area contributed by atoms with Crippen LogP contribution in [0.4, 0.5) is 14.5 Å². The zero-order valence-electron chi connectivity index (χ0n) is 15.8. The summed E-state index contributed by atoms with van der Waals surface area (Å²) in [6.07, 6.45) is 3.92. The molecule has 2 amide bonds. The van der Waals surface area contributed by atoms with Gasteiger partial charge in [0.05, 0.1) is 12.1 Å². The molecule has 1 aromatic heterocycles. The summed E-state index contributed by atoms with van der Waals surface area (Å²) in [4.78, 5) is 26.6. The summed E-state index contributed by atoms with van der Waals surface area (Å²) in [7, 11) is 1.81. The summed E-state index contributed by atoms with van der Waals surface area (Å²) in [5.74, 6) is -2.70. The molecule has 7 nitrogen and oxygen atoms in total. The van der Waals surface area contributed by atoms with E-state index >= 15 is 0 Å². The van der Waals surface area contributed by atoms with Crippen molar-refractivity contribution in [1.82, 2.24) is 20.4 Å². The van der Waals surface area contributed by atoms with Crippen molar-refractivity contribution >= 4 is 29.9 Å². The molecule has 2 aliphatic rings. The Morgan fingerprint density at radius 2 is 2.00 bits per heavy atom. The molecule has 156 valence electrons. The molecular weight excluding hydrogens is 404 g/mol. The van der Waals surface area contributed by atoms with Crippen molar-refractivity contribution in [3.63, 3.8) is 0 Å². The SMILES string of the molecule is Cl.Cn1cc([C@H]2CNC[C@@H]2C(=O)NC2CCN(c3c(F)cccc3F)C2=O)cn1. The van der Waals surface area contributed by atoms with E-state index in [4.69, 9.17) is 0 Å². The van der Waals surface area contributed by atoms with Crippen molar-refractivity contribution < 1.29 is 18.4 Å². The van der Waals surface area contributed by atoms with E-state index in [1.807, 2.05) is 13.2 Å².